The molecule has 0 spiro atoms. The van der Waals surface area contributed by atoms with E-state index in [1.54, 1.807) is 0 Å². The highest BCUT2D eigenvalue weighted by atomic mass is 79.9. The predicted octanol–water partition coefficient (Wildman–Crippen LogP) is 2.75. The number of halogens is 1. The lowest BCUT2D eigenvalue weighted by molar-refractivity contribution is 0.647. The molecular formula is C11H11BrN2. The van der Waals surface area contributed by atoms with Gasteiger partial charge in [-0.25, -0.2) is 0 Å². The van der Waals surface area contributed by atoms with Crippen LogP contribution in [0.1, 0.15) is 30.0 Å². The molecule has 0 radical (unpaired) electrons. The molecule has 72 valence electrons. The summed E-state index contributed by atoms with van der Waals surface area (Å²) in [5.74, 6) is 0. The van der Waals surface area contributed by atoms with Crippen LogP contribution in [0.25, 0.3) is 0 Å². The van der Waals surface area contributed by atoms with Gasteiger partial charge in [0, 0.05) is 10.5 Å². The summed E-state index contributed by atoms with van der Waals surface area (Å²) in [4.78, 5) is 0. The molecule has 1 N–H and O–H groups in total. The van der Waals surface area contributed by atoms with E-state index in [-0.39, 0.29) is 0 Å². The zero-order chi connectivity index (χ0) is 9.97. The minimum Gasteiger partial charge on any atom is -0.310 e. The number of nitrogens with zero attached hydrogens (tertiary/aromatic N) is 1. The summed E-state index contributed by atoms with van der Waals surface area (Å²) >= 11 is 3.40. The standard InChI is InChI=1S/C11H11BrN2/c12-10-6-8(3-4-9(10)7-13)11-2-1-5-14-11/h3-4,6,11,14H,1-2,5H2. The van der Waals surface area contributed by atoms with Crippen molar-refractivity contribution in [3.05, 3.63) is 33.8 Å². The number of rotatable bonds is 1. The van der Waals surface area contributed by atoms with Crippen LogP contribution in [-0.2, 0) is 0 Å². The Kier molecular flexibility index (Phi) is 2.85. The fourth-order valence-corrected chi connectivity index (χ4v) is 2.29. The van der Waals surface area contributed by atoms with Crippen molar-refractivity contribution < 1.29 is 0 Å². The molecule has 0 aliphatic carbocycles. The van der Waals surface area contributed by atoms with Gasteiger partial charge in [0.15, 0.2) is 0 Å². The van der Waals surface area contributed by atoms with Gasteiger partial charge < -0.3 is 5.32 Å². The first-order valence-electron chi connectivity index (χ1n) is 4.74. The Balaban J connectivity index is 2.28. The van der Waals surface area contributed by atoms with Crippen LogP contribution in [0.2, 0.25) is 0 Å². The first-order chi connectivity index (χ1) is 6.81. The SMILES string of the molecule is N#Cc1ccc(C2CCCN2)cc1Br. The summed E-state index contributed by atoms with van der Waals surface area (Å²) in [6.07, 6.45) is 2.43. The van der Waals surface area contributed by atoms with Gasteiger partial charge in [0.25, 0.3) is 0 Å². The van der Waals surface area contributed by atoms with Crippen molar-refractivity contribution in [1.29, 1.82) is 5.26 Å². The van der Waals surface area contributed by atoms with Gasteiger partial charge in [-0.05, 0) is 53.0 Å². The second-order valence-electron chi connectivity index (χ2n) is 3.50. The minimum absolute atomic E-state index is 0.471. The van der Waals surface area contributed by atoms with Gasteiger partial charge in [-0.2, -0.15) is 5.26 Å². The zero-order valence-electron chi connectivity index (χ0n) is 7.76. The second-order valence-corrected chi connectivity index (χ2v) is 4.35. The molecule has 0 bridgehead atoms. The van der Waals surface area contributed by atoms with Crippen molar-refractivity contribution in [2.24, 2.45) is 0 Å². The van der Waals surface area contributed by atoms with Gasteiger partial charge in [-0.15, -0.1) is 0 Å². The lowest BCUT2D eigenvalue weighted by atomic mass is 10.0. The van der Waals surface area contributed by atoms with E-state index < -0.39 is 0 Å². The van der Waals surface area contributed by atoms with E-state index in [9.17, 15) is 0 Å². The lowest BCUT2D eigenvalue weighted by Crippen LogP contribution is -2.12. The van der Waals surface area contributed by atoms with E-state index in [4.69, 9.17) is 5.26 Å². The molecule has 3 heteroatoms. The van der Waals surface area contributed by atoms with Gasteiger partial charge in [0.05, 0.1) is 5.56 Å². The Hall–Kier alpha value is -0.850. The maximum atomic E-state index is 8.78. The molecule has 1 unspecified atom stereocenters. The normalized spacial score (nSPS) is 20.7. The molecular weight excluding hydrogens is 240 g/mol. The Bertz CT molecular complexity index is 375. The molecule has 1 aliphatic heterocycles. The molecule has 1 saturated heterocycles. The molecule has 14 heavy (non-hydrogen) atoms. The average Bonchev–Trinajstić information content (AvgIpc) is 2.70. The van der Waals surface area contributed by atoms with E-state index >= 15 is 0 Å². The monoisotopic (exact) mass is 250 g/mol. The van der Waals surface area contributed by atoms with Crippen molar-refractivity contribution in [3.63, 3.8) is 0 Å². The molecule has 2 rings (SSSR count). The molecule has 0 amide bonds. The third-order valence-electron chi connectivity index (χ3n) is 2.58. The summed E-state index contributed by atoms with van der Waals surface area (Å²) in [5.41, 5.74) is 1.97. The van der Waals surface area contributed by atoms with E-state index in [0.29, 0.717) is 11.6 Å². The number of hydrogen-bond donors (Lipinski definition) is 1. The average molecular weight is 251 g/mol. The number of nitriles is 1. The molecule has 1 atom stereocenters. The highest BCUT2D eigenvalue weighted by Gasteiger charge is 2.16. The van der Waals surface area contributed by atoms with Crippen molar-refractivity contribution in [2.45, 2.75) is 18.9 Å². The molecule has 0 saturated carbocycles. The van der Waals surface area contributed by atoms with Crippen LogP contribution >= 0.6 is 15.9 Å². The molecule has 1 aliphatic rings. The Labute approximate surface area is 92.1 Å². The van der Waals surface area contributed by atoms with E-state index in [0.717, 1.165) is 11.0 Å². The summed E-state index contributed by atoms with van der Waals surface area (Å²) < 4.78 is 0.895. The third-order valence-corrected chi connectivity index (χ3v) is 3.23. The van der Waals surface area contributed by atoms with Crippen molar-refractivity contribution in [1.82, 2.24) is 5.32 Å². The molecule has 1 aromatic rings. The van der Waals surface area contributed by atoms with Crippen LogP contribution in [0, 0.1) is 11.3 Å². The van der Waals surface area contributed by atoms with Gasteiger partial charge in [0.2, 0.25) is 0 Å². The highest BCUT2D eigenvalue weighted by Crippen LogP contribution is 2.26. The molecule has 1 fully saturated rings. The summed E-state index contributed by atoms with van der Waals surface area (Å²) in [5, 5.41) is 12.2. The number of nitrogens with one attached hydrogen (secondary N) is 1. The first kappa shape index (κ1) is 9.70. The third kappa shape index (κ3) is 1.82. The van der Waals surface area contributed by atoms with Gasteiger partial charge in [-0.3, -0.25) is 0 Å². The molecule has 1 aromatic carbocycles. The van der Waals surface area contributed by atoms with Crippen molar-refractivity contribution in [3.8, 4) is 6.07 Å². The number of hydrogen-bond acceptors (Lipinski definition) is 2. The maximum absolute atomic E-state index is 8.78. The van der Waals surface area contributed by atoms with Crippen LogP contribution < -0.4 is 5.32 Å². The van der Waals surface area contributed by atoms with Gasteiger partial charge in [-0.1, -0.05) is 6.07 Å². The van der Waals surface area contributed by atoms with Crippen LogP contribution in [0.4, 0.5) is 0 Å². The number of benzene rings is 1. The summed E-state index contributed by atoms with van der Waals surface area (Å²) in [6.45, 7) is 1.10. The van der Waals surface area contributed by atoms with Crippen molar-refractivity contribution >= 4 is 15.9 Å². The fraction of sp³-hybridized carbons (Fsp3) is 0.364. The Morgan fingerprint density at radius 1 is 1.50 bits per heavy atom. The topological polar surface area (TPSA) is 35.8 Å². The van der Waals surface area contributed by atoms with E-state index in [2.05, 4.69) is 27.3 Å². The van der Waals surface area contributed by atoms with E-state index in [1.807, 2.05) is 18.2 Å². The fourth-order valence-electron chi connectivity index (χ4n) is 1.81. The predicted molar refractivity (Wildman–Crippen MR) is 58.8 cm³/mol. The van der Waals surface area contributed by atoms with Crippen LogP contribution in [0.5, 0.6) is 0 Å². The van der Waals surface area contributed by atoms with Gasteiger partial charge >= 0.3 is 0 Å². The lowest BCUT2D eigenvalue weighted by Gasteiger charge is -2.10. The molecule has 1 heterocycles. The largest absolute Gasteiger partial charge is 0.310 e. The first-order valence-corrected chi connectivity index (χ1v) is 5.53. The smallest absolute Gasteiger partial charge is 0.100 e. The van der Waals surface area contributed by atoms with Crippen LogP contribution in [0.3, 0.4) is 0 Å². The Morgan fingerprint density at radius 2 is 2.36 bits per heavy atom. The maximum Gasteiger partial charge on any atom is 0.100 e. The molecule has 2 nitrogen and oxygen atoms in total. The quantitative estimate of drug-likeness (QED) is 0.832. The summed E-state index contributed by atoms with van der Waals surface area (Å²) in [6, 6.07) is 8.57. The minimum atomic E-state index is 0.471. The van der Waals surface area contributed by atoms with Crippen LogP contribution in [-0.4, -0.2) is 6.54 Å². The van der Waals surface area contributed by atoms with E-state index in [1.165, 1.54) is 18.4 Å². The second kappa shape index (κ2) is 4.12. The highest BCUT2D eigenvalue weighted by molar-refractivity contribution is 9.10. The summed E-state index contributed by atoms with van der Waals surface area (Å²) in [7, 11) is 0. The van der Waals surface area contributed by atoms with Gasteiger partial charge in [0.1, 0.15) is 6.07 Å². The van der Waals surface area contributed by atoms with Crippen LogP contribution in [0.15, 0.2) is 22.7 Å². The Morgan fingerprint density at radius 3 is 2.93 bits per heavy atom. The zero-order valence-corrected chi connectivity index (χ0v) is 9.34. The van der Waals surface area contributed by atoms with Crippen molar-refractivity contribution in [2.75, 3.05) is 6.54 Å². The molecule has 0 aromatic heterocycles.